The molecule has 1 aliphatic carbocycles. The second kappa shape index (κ2) is 4.37. The lowest BCUT2D eigenvalue weighted by Crippen LogP contribution is -2.25. The number of benzene rings is 1. The van der Waals surface area contributed by atoms with Gasteiger partial charge >= 0.3 is 0 Å². The molecule has 2 aliphatic rings. The van der Waals surface area contributed by atoms with Crippen LogP contribution in [0.15, 0.2) is 18.2 Å². The highest BCUT2D eigenvalue weighted by Crippen LogP contribution is 2.30. The summed E-state index contributed by atoms with van der Waals surface area (Å²) in [5.74, 6) is 1.50. The Morgan fingerprint density at radius 2 is 2.00 bits per heavy atom. The predicted octanol–water partition coefficient (Wildman–Crippen LogP) is 1.39. The number of nitrogens with one attached hydrogen (secondary N) is 1. The first-order chi connectivity index (χ1) is 8.33. The predicted molar refractivity (Wildman–Crippen MR) is 62.8 cm³/mol. The van der Waals surface area contributed by atoms with Crippen LogP contribution in [0, 0.1) is 0 Å². The number of hydrogen-bond donors (Lipinski definition) is 1. The summed E-state index contributed by atoms with van der Waals surface area (Å²) in [6.07, 6.45) is 2.38. The average molecular weight is 233 g/mol. The SMILES string of the molecule is O=C(CNC1CC1)c1ccc2c(c1)OCCO2. The van der Waals surface area contributed by atoms with Gasteiger partial charge < -0.3 is 14.8 Å². The smallest absolute Gasteiger partial charge is 0.176 e. The molecule has 4 heteroatoms. The van der Waals surface area contributed by atoms with Crippen LogP contribution < -0.4 is 14.8 Å². The molecule has 0 spiro atoms. The van der Waals surface area contributed by atoms with Crippen molar-refractivity contribution in [2.75, 3.05) is 19.8 Å². The molecule has 0 atom stereocenters. The third-order valence-corrected chi connectivity index (χ3v) is 2.99. The lowest BCUT2D eigenvalue weighted by molar-refractivity contribution is 0.0989. The molecule has 0 amide bonds. The van der Waals surface area contributed by atoms with Crippen LogP contribution in [0.2, 0.25) is 0 Å². The Morgan fingerprint density at radius 1 is 1.24 bits per heavy atom. The van der Waals surface area contributed by atoms with Crippen LogP contribution in [0.25, 0.3) is 0 Å². The first kappa shape index (κ1) is 10.6. The summed E-state index contributed by atoms with van der Waals surface area (Å²) in [6, 6.07) is 5.92. The van der Waals surface area contributed by atoms with E-state index in [9.17, 15) is 4.79 Å². The molecule has 1 saturated carbocycles. The quantitative estimate of drug-likeness (QED) is 0.798. The third kappa shape index (κ3) is 2.42. The summed E-state index contributed by atoms with van der Waals surface area (Å²) < 4.78 is 10.9. The normalized spacial score (nSPS) is 17.9. The van der Waals surface area contributed by atoms with Gasteiger partial charge in [0.15, 0.2) is 17.3 Å². The van der Waals surface area contributed by atoms with Crippen LogP contribution >= 0.6 is 0 Å². The van der Waals surface area contributed by atoms with E-state index in [-0.39, 0.29) is 5.78 Å². The Morgan fingerprint density at radius 3 is 2.76 bits per heavy atom. The fraction of sp³-hybridized carbons (Fsp3) is 0.462. The zero-order valence-electron chi connectivity index (χ0n) is 9.57. The highest BCUT2D eigenvalue weighted by Gasteiger charge is 2.22. The molecule has 4 nitrogen and oxygen atoms in total. The minimum Gasteiger partial charge on any atom is -0.486 e. The van der Waals surface area contributed by atoms with E-state index >= 15 is 0 Å². The van der Waals surface area contributed by atoms with Crippen molar-refractivity contribution in [2.24, 2.45) is 0 Å². The van der Waals surface area contributed by atoms with Gasteiger partial charge in [0.2, 0.25) is 0 Å². The van der Waals surface area contributed by atoms with E-state index in [0.717, 1.165) is 5.75 Å². The number of rotatable bonds is 4. The van der Waals surface area contributed by atoms with Gasteiger partial charge in [0, 0.05) is 11.6 Å². The zero-order chi connectivity index (χ0) is 11.7. The molecule has 1 fully saturated rings. The number of carbonyl (C=O) groups excluding carboxylic acids is 1. The molecular weight excluding hydrogens is 218 g/mol. The first-order valence-corrected chi connectivity index (χ1v) is 5.99. The molecule has 90 valence electrons. The van der Waals surface area contributed by atoms with Crippen molar-refractivity contribution in [3.8, 4) is 11.5 Å². The van der Waals surface area contributed by atoms with E-state index in [4.69, 9.17) is 9.47 Å². The summed E-state index contributed by atoms with van der Waals surface area (Å²) in [5, 5.41) is 3.21. The van der Waals surface area contributed by atoms with Gasteiger partial charge in [-0.15, -0.1) is 0 Å². The number of carbonyl (C=O) groups is 1. The number of Topliss-reactive ketones (excluding diaryl/α,β-unsaturated/α-hetero) is 1. The van der Waals surface area contributed by atoms with Crippen molar-refractivity contribution in [1.29, 1.82) is 0 Å². The van der Waals surface area contributed by atoms with Crippen LogP contribution in [0.5, 0.6) is 11.5 Å². The molecule has 1 aliphatic heterocycles. The summed E-state index contributed by atoms with van der Waals surface area (Å²) in [5.41, 5.74) is 0.683. The lowest BCUT2D eigenvalue weighted by atomic mass is 10.1. The maximum absolute atomic E-state index is 11.9. The van der Waals surface area contributed by atoms with Crippen molar-refractivity contribution in [3.05, 3.63) is 23.8 Å². The van der Waals surface area contributed by atoms with Gasteiger partial charge in [-0.25, -0.2) is 0 Å². The van der Waals surface area contributed by atoms with Crippen LogP contribution in [0.3, 0.4) is 0 Å². The lowest BCUT2D eigenvalue weighted by Gasteiger charge is -2.18. The van der Waals surface area contributed by atoms with Crippen molar-refractivity contribution in [2.45, 2.75) is 18.9 Å². The Kier molecular flexibility index (Phi) is 2.73. The average Bonchev–Trinajstić information content (AvgIpc) is 3.19. The second-order valence-electron chi connectivity index (χ2n) is 4.44. The van der Waals surface area contributed by atoms with E-state index in [2.05, 4.69) is 5.32 Å². The van der Waals surface area contributed by atoms with Crippen LogP contribution in [0.1, 0.15) is 23.2 Å². The van der Waals surface area contributed by atoms with Gasteiger partial charge in [-0.1, -0.05) is 0 Å². The number of ether oxygens (including phenoxy) is 2. The Balaban J connectivity index is 1.70. The van der Waals surface area contributed by atoms with Crippen molar-refractivity contribution in [3.63, 3.8) is 0 Å². The number of ketones is 1. The van der Waals surface area contributed by atoms with Gasteiger partial charge in [0.25, 0.3) is 0 Å². The Labute approximate surface area is 99.9 Å². The molecule has 0 aromatic heterocycles. The van der Waals surface area contributed by atoms with Gasteiger partial charge in [0.05, 0.1) is 6.54 Å². The summed E-state index contributed by atoms with van der Waals surface area (Å²) in [7, 11) is 0. The summed E-state index contributed by atoms with van der Waals surface area (Å²) >= 11 is 0. The van der Waals surface area contributed by atoms with Crippen LogP contribution in [-0.2, 0) is 0 Å². The number of hydrogen-bond acceptors (Lipinski definition) is 4. The molecule has 0 bridgehead atoms. The molecule has 1 aromatic carbocycles. The molecule has 17 heavy (non-hydrogen) atoms. The Bertz CT molecular complexity index is 440. The summed E-state index contributed by atoms with van der Waals surface area (Å²) in [6.45, 7) is 1.53. The molecule has 0 radical (unpaired) electrons. The van der Waals surface area contributed by atoms with E-state index in [1.807, 2.05) is 0 Å². The highest BCUT2D eigenvalue weighted by molar-refractivity contribution is 5.98. The van der Waals surface area contributed by atoms with Crippen molar-refractivity contribution in [1.82, 2.24) is 5.32 Å². The third-order valence-electron chi connectivity index (χ3n) is 2.99. The minimum atomic E-state index is 0.105. The summed E-state index contributed by atoms with van der Waals surface area (Å²) in [4.78, 5) is 11.9. The molecule has 1 heterocycles. The molecule has 3 rings (SSSR count). The monoisotopic (exact) mass is 233 g/mol. The van der Waals surface area contributed by atoms with Gasteiger partial charge in [0.1, 0.15) is 13.2 Å². The van der Waals surface area contributed by atoms with E-state index in [0.29, 0.717) is 37.1 Å². The molecule has 1 N–H and O–H groups in total. The zero-order valence-corrected chi connectivity index (χ0v) is 9.57. The minimum absolute atomic E-state index is 0.105. The van der Waals surface area contributed by atoms with Gasteiger partial charge in [-0.2, -0.15) is 0 Å². The molecule has 0 saturated heterocycles. The molecule has 0 unspecified atom stereocenters. The fourth-order valence-corrected chi connectivity index (χ4v) is 1.84. The van der Waals surface area contributed by atoms with E-state index < -0.39 is 0 Å². The first-order valence-electron chi connectivity index (χ1n) is 5.99. The van der Waals surface area contributed by atoms with E-state index in [1.165, 1.54) is 12.8 Å². The maximum Gasteiger partial charge on any atom is 0.176 e. The van der Waals surface area contributed by atoms with Crippen molar-refractivity contribution < 1.29 is 14.3 Å². The Hall–Kier alpha value is -1.55. The standard InChI is InChI=1S/C13H15NO3/c15-11(8-14-10-2-3-10)9-1-4-12-13(7-9)17-6-5-16-12/h1,4,7,10,14H,2-3,5-6,8H2. The highest BCUT2D eigenvalue weighted by atomic mass is 16.6. The van der Waals surface area contributed by atoms with Crippen LogP contribution in [0.4, 0.5) is 0 Å². The second-order valence-corrected chi connectivity index (χ2v) is 4.44. The van der Waals surface area contributed by atoms with Gasteiger partial charge in [-0.05, 0) is 31.0 Å². The van der Waals surface area contributed by atoms with Crippen molar-refractivity contribution >= 4 is 5.78 Å². The largest absolute Gasteiger partial charge is 0.486 e. The fourth-order valence-electron chi connectivity index (χ4n) is 1.84. The van der Waals surface area contributed by atoms with E-state index in [1.54, 1.807) is 18.2 Å². The molecular formula is C13H15NO3. The topological polar surface area (TPSA) is 47.6 Å². The van der Waals surface area contributed by atoms with Crippen LogP contribution in [-0.4, -0.2) is 31.6 Å². The maximum atomic E-state index is 11.9. The number of fused-ring (bicyclic) bond motifs is 1. The molecule has 1 aromatic rings. The van der Waals surface area contributed by atoms with Gasteiger partial charge in [-0.3, -0.25) is 4.79 Å².